The number of carbonyl (C=O) groups is 2. The Balaban J connectivity index is 2.58. The number of hydrogen-bond donors (Lipinski definition) is 2. The summed E-state index contributed by atoms with van der Waals surface area (Å²) in [4.78, 5) is 22.4. The van der Waals surface area contributed by atoms with Crippen LogP contribution in [0.25, 0.3) is 0 Å². The van der Waals surface area contributed by atoms with Crippen molar-refractivity contribution in [1.82, 2.24) is 0 Å². The van der Waals surface area contributed by atoms with Crippen molar-refractivity contribution in [3.8, 4) is 0 Å². The quantitative estimate of drug-likeness (QED) is 0.613. The van der Waals surface area contributed by atoms with Crippen LogP contribution in [0.2, 0.25) is 0 Å². The third kappa shape index (κ3) is 1.02. The van der Waals surface area contributed by atoms with Gasteiger partial charge < -0.3 is 11.5 Å². The summed E-state index contributed by atoms with van der Waals surface area (Å²) < 4.78 is -0.457. The molecule has 0 fully saturated rings. The van der Waals surface area contributed by atoms with Gasteiger partial charge in [-0.2, -0.15) is 0 Å². The van der Waals surface area contributed by atoms with Crippen LogP contribution >= 0.6 is 11.8 Å². The maximum absolute atomic E-state index is 11.2. The zero-order chi connectivity index (χ0) is 10.5. The summed E-state index contributed by atoms with van der Waals surface area (Å²) in [5.41, 5.74) is 11.2. The van der Waals surface area contributed by atoms with Gasteiger partial charge in [0.25, 0.3) is 0 Å². The van der Waals surface area contributed by atoms with Crippen molar-refractivity contribution in [2.75, 3.05) is 0 Å². The molecule has 2 atom stereocenters. The fourth-order valence-corrected chi connectivity index (χ4v) is 3.48. The maximum atomic E-state index is 11.2. The molecule has 0 aliphatic carbocycles. The second-order valence-electron chi connectivity index (χ2n) is 3.52. The zero-order valence-corrected chi connectivity index (χ0v) is 8.43. The van der Waals surface area contributed by atoms with Gasteiger partial charge in [-0.15, -0.1) is 11.8 Å². The van der Waals surface area contributed by atoms with Crippen LogP contribution in [0.3, 0.4) is 0 Å². The van der Waals surface area contributed by atoms with E-state index < -0.39 is 16.6 Å². The van der Waals surface area contributed by atoms with Crippen LogP contribution in [0.1, 0.15) is 6.92 Å². The van der Waals surface area contributed by atoms with Crippen molar-refractivity contribution in [2.45, 2.75) is 16.9 Å². The van der Waals surface area contributed by atoms with Gasteiger partial charge in [-0.05, 0) is 6.92 Å². The zero-order valence-electron chi connectivity index (χ0n) is 7.61. The van der Waals surface area contributed by atoms with Gasteiger partial charge in [-0.3, -0.25) is 9.59 Å². The Morgan fingerprint density at radius 2 is 2.07 bits per heavy atom. The molecule has 5 heteroatoms. The predicted octanol–water partition coefficient (Wildman–Crippen LogP) is -0.303. The average molecular weight is 210 g/mol. The second kappa shape index (κ2) is 2.63. The molecular weight excluding hydrogens is 200 g/mol. The third-order valence-electron chi connectivity index (χ3n) is 2.52. The molecule has 0 aromatic heterocycles. The number of amides is 2. The van der Waals surface area contributed by atoms with Crippen LogP contribution in [-0.2, 0) is 9.59 Å². The summed E-state index contributed by atoms with van der Waals surface area (Å²) in [6, 6.07) is 0. The normalized spacial score (nSPS) is 33.9. The summed E-state index contributed by atoms with van der Waals surface area (Å²) in [7, 11) is 0. The van der Waals surface area contributed by atoms with Gasteiger partial charge in [0.2, 0.25) is 11.8 Å². The molecule has 0 saturated carbocycles. The lowest BCUT2D eigenvalue weighted by Crippen LogP contribution is -2.31. The molecule has 2 amide bonds. The summed E-state index contributed by atoms with van der Waals surface area (Å²) in [5, 5.41) is -0.0972. The molecule has 0 radical (unpaired) electrons. The van der Waals surface area contributed by atoms with Crippen LogP contribution < -0.4 is 11.5 Å². The lowest BCUT2D eigenvalue weighted by Gasteiger charge is -2.19. The highest BCUT2D eigenvalue weighted by molar-refractivity contribution is 8.02. The molecule has 4 N–H and O–H groups in total. The summed E-state index contributed by atoms with van der Waals surface area (Å²) in [6.45, 7) is 1.87. The number of carbonyl (C=O) groups excluding carboxylic acids is 2. The van der Waals surface area contributed by atoms with E-state index in [4.69, 9.17) is 11.5 Å². The number of primary amides is 2. The molecule has 0 saturated heterocycles. The van der Waals surface area contributed by atoms with Crippen LogP contribution in [0.15, 0.2) is 23.3 Å². The molecule has 2 unspecified atom stereocenters. The topological polar surface area (TPSA) is 86.2 Å². The molecule has 0 spiro atoms. The fourth-order valence-electron chi connectivity index (χ4n) is 1.96. The van der Waals surface area contributed by atoms with Crippen molar-refractivity contribution < 1.29 is 9.59 Å². The van der Waals surface area contributed by atoms with E-state index in [2.05, 4.69) is 0 Å². The summed E-state index contributed by atoms with van der Waals surface area (Å²) >= 11 is 1.52. The SMILES string of the molecule is CC12C=CC(S1)C(C(N)=O)=C2C(N)=O. The molecule has 2 aliphatic heterocycles. The third-order valence-corrected chi connectivity index (χ3v) is 4.00. The van der Waals surface area contributed by atoms with E-state index in [9.17, 15) is 9.59 Å². The Morgan fingerprint density at radius 1 is 1.43 bits per heavy atom. The Labute approximate surface area is 85.4 Å². The number of thioether (sulfide) groups is 1. The van der Waals surface area contributed by atoms with Crippen LogP contribution in [-0.4, -0.2) is 21.8 Å². The highest BCUT2D eigenvalue weighted by Gasteiger charge is 2.48. The Hall–Kier alpha value is -1.23. The number of rotatable bonds is 2. The first kappa shape index (κ1) is 9.33. The van der Waals surface area contributed by atoms with Crippen molar-refractivity contribution in [3.05, 3.63) is 23.3 Å². The minimum absolute atomic E-state index is 0.0972. The van der Waals surface area contributed by atoms with Gasteiger partial charge in [0.1, 0.15) is 0 Å². The first-order valence-electron chi connectivity index (χ1n) is 4.17. The van der Waals surface area contributed by atoms with E-state index in [1.54, 1.807) is 0 Å². The predicted molar refractivity (Wildman–Crippen MR) is 54.3 cm³/mol. The van der Waals surface area contributed by atoms with Crippen molar-refractivity contribution >= 4 is 23.6 Å². The van der Waals surface area contributed by atoms with E-state index in [1.165, 1.54) is 11.8 Å². The lowest BCUT2D eigenvalue weighted by molar-refractivity contribution is -0.117. The van der Waals surface area contributed by atoms with Gasteiger partial charge in [0.15, 0.2) is 0 Å². The molecule has 2 rings (SSSR count). The van der Waals surface area contributed by atoms with Gasteiger partial charge in [0.05, 0.1) is 10.00 Å². The fraction of sp³-hybridized carbons (Fsp3) is 0.333. The van der Waals surface area contributed by atoms with Crippen LogP contribution in [0, 0.1) is 0 Å². The summed E-state index contributed by atoms with van der Waals surface area (Å²) in [6.07, 6.45) is 3.78. The van der Waals surface area contributed by atoms with Gasteiger partial charge in [0, 0.05) is 11.1 Å². The Kier molecular flexibility index (Phi) is 1.75. The molecule has 0 aromatic carbocycles. The minimum Gasteiger partial charge on any atom is -0.366 e. The van der Waals surface area contributed by atoms with E-state index >= 15 is 0 Å². The standard InChI is InChI=1S/C9H10N2O2S/c1-9-3-2-4(14-9)5(7(10)12)6(9)8(11)13/h2-4H,1H3,(H2,10,12)(H2,11,13). The largest absolute Gasteiger partial charge is 0.366 e. The highest BCUT2D eigenvalue weighted by Crippen LogP contribution is 2.52. The minimum atomic E-state index is -0.555. The number of nitrogens with two attached hydrogens (primary N) is 2. The molecule has 74 valence electrons. The van der Waals surface area contributed by atoms with E-state index in [0.29, 0.717) is 11.1 Å². The molecule has 2 heterocycles. The molecule has 4 nitrogen and oxygen atoms in total. The molecule has 0 aromatic rings. The Bertz CT molecular complexity index is 400. The van der Waals surface area contributed by atoms with E-state index in [-0.39, 0.29) is 5.25 Å². The maximum Gasteiger partial charge on any atom is 0.246 e. The smallest absolute Gasteiger partial charge is 0.246 e. The van der Waals surface area contributed by atoms with E-state index in [0.717, 1.165) is 0 Å². The van der Waals surface area contributed by atoms with Crippen molar-refractivity contribution in [3.63, 3.8) is 0 Å². The van der Waals surface area contributed by atoms with Gasteiger partial charge in [-0.1, -0.05) is 12.2 Å². The van der Waals surface area contributed by atoms with Crippen LogP contribution in [0.5, 0.6) is 0 Å². The molecular formula is C9H10N2O2S. The Morgan fingerprint density at radius 3 is 2.50 bits per heavy atom. The highest BCUT2D eigenvalue weighted by atomic mass is 32.2. The first-order chi connectivity index (χ1) is 6.46. The van der Waals surface area contributed by atoms with Gasteiger partial charge >= 0.3 is 0 Å². The molecule has 14 heavy (non-hydrogen) atoms. The average Bonchev–Trinajstić information content (AvgIpc) is 2.55. The van der Waals surface area contributed by atoms with Crippen molar-refractivity contribution in [1.29, 1.82) is 0 Å². The monoisotopic (exact) mass is 210 g/mol. The number of hydrogen-bond acceptors (Lipinski definition) is 3. The van der Waals surface area contributed by atoms with E-state index in [1.807, 2.05) is 19.1 Å². The number of fused-ring (bicyclic) bond motifs is 2. The second-order valence-corrected chi connectivity index (χ2v) is 5.11. The lowest BCUT2D eigenvalue weighted by atomic mass is 9.88. The molecule has 2 bridgehead atoms. The van der Waals surface area contributed by atoms with Crippen molar-refractivity contribution in [2.24, 2.45) is 11.5 Å². The molecule has 2 aliphatic rings. The summed E-state index contributed by atoms with van der Waals surface area (Å²) in [5.74, 6) is -1.11. The first-order valence-corrected chi connectivity index (χ1v) is 5.05. The van der Waals surface area contributed by atoms with Crippen LogP contribution in [0.4, 0.5) is 0 Å². The van der Waals surface area contributed by atoms with Gasteiger partial charge in [-0.25, -0.2) is 0 Å².